The summed E-state index contributed by atoms with van der Waals surface area (Å²) in [6.07, 6.45) is 18.6. The van der Waals surface area contributed by atoms with E-state index in [0.29, 0.717) is 17.3 Å². The SMILES string of the molecule is CC[C@@H](/C=C\[C@H](C)[C@H]1CC[C@H]2[C@@H]3CC=C4C[C@@H](OC(=O)Cl)CC[C@]4(C)[C@H]3CC[C@]12C)C(C)C. The molecule has 4 aliphatic rings. The first-order valence-electron chi connectivity index (χ1n) is 13.8. The Morgan fingerprint density at radius 2 is 1.88 bits per heavy atom. The Kier molecular flexibility index (Phi) is 7.46. The molecule has 4 rings (SSSR count). The molecule has 0 radical (unpaired) electrons. The molecule has 0 bridgehead atoms. The molecule has 0 heterocycles. The second-order valence-corrected chi connectivity index (χ2v) is 13.1. The molecule has 186 valence electrons. The summed E-state index contributed by atoms with van der Waals surface area (Å²) in [7, 11) is 0. The highest BCUT2D eigenvalue weighted by Crippen LogP contribution is 2.67. The summed E-state index contributed by atoms with van der Waals surface area (Å²) in [5.74, 6) is 5.41. The van der Waals surface area contributed by atoms with Crippen LogP contribution >= 0.6 is 11.6 Å². The normalized spacial score (nSPS) is 42.3. The smallest absolute Gasteiger partial charge is 0.404 e. The zero-order valence-corrected chi connectivity index (χ0v) is 22.7. The van der Waals surface area contributed by atoms with Crippen molar-refractivity contribution in [1.82, 2.24) is 0 Å². The molecule has 3 heteroatoms. The molecular formula is C30H47ClO2. The quantitative estimate of drug-likeness (QED) is 0.283. The van der Waals surface area contributed by atoms with E-state index in [2.05, 4.69) is 59.8 Å². The van der Waals surface area contributed by atoms with E-state index in [4.69, 9.17) is 16.3 Å². The summed E-state index contributed by atoms with van der Waals surface area (Å²) in [5, 5.41) is 0. The van der Waals surface area contributed by atoms with Crippen LogP contribution in [0.3, 0.4) is 0 Å². The molecule has 0 aromatic heterocycles. The highest BCUT2D eigenvalue weighted by Gasteiger charge is 2.59. The average Bonchev–Trinajstić information content (AvgIpc) is 3.11. The van der Waals surface area contributed by atoms with E-state index in [-0.39, 0.29) is 11.5 Å². The summed E-state index contributed by atoms with van der Waals surface area (Å²) >= 11 is 5.52. The number of carbonyl (C=O) groups excluding carboxylic acids is 1. The number of hydrogen-bond donors (Lipinski definition) is 0. The van der Waals surface area contributed by atoms with Crippen LogP contribution in [0.15, 0.2) is 23.8 Å². The summed E-state index contributed by atoms with van der Waals surface area (Å²) in [6, 6.07) is 0. The number of rotatable bonds is 6. The van der Waals surface area contributed by atoms with E-state index in [1.807, 2.05) is 0 Å². The van der Waals surface area contributed by atoms with Crippen LogP contribution in [0.1, 0.15) is 99.3 Å². The molecule has 0 aliphatic heterocycles. The highest BCUT2D eigenvalue weighted by molar-refractivity contribution is 6.61. The maximum atomic E-state index is 11.3. The Labute approximate surface area is 207 Å². The first-order chi connectivity index (χ1) is 15.6. The van der Waals surface area contributed by atoms with Gasteiger partial charge in [-0.2, -0.15) is 0 Å². The summed E-state index contributed by atoms with van der Waals surface area (Å²) in [4.78, 5) is 11.3. The van der Waals surface area contributed by atoms with Gasteiger partial charge in [0.05, 0.1) is 0 Å². The number of carbonyl (C=O) groups is 1. The van der Waals surface area contributed by atoms with Crippen LogP contribution in [0.2, 0.25) is 0 Å². The zero-order chi connectivity index (χ0) is 24.0. The molecule has 0 amide bonds. The minimum atomic E-state index is -0.648. The predicted molar refractivity (Wildman–Crippen MR) is 138 cm³/mol. The van der Waals surface area contributed by atoms with Crippen molar-refractivity contribution in [3.05, 3.63) is 23.8 Å². The van der Waals surface area contributed by atoms with Crippen molar-refractivity contribution >= 4 is 17.0 Å². The number of halogens is 1. The van der Waals surface area contributed by atoms with Crippen LogP contribution in [0.4, 0.5) is 4.79 Å². The standard InChI is InChI=1S/C30H47ClO2/c1-7-21(19(2)3)9-8-20(4)25-12-13-26-24-11-10-22-18-23(33-28(31)32)14-16-29(22,5)27(24)15-17-30(25,26)6/h8-10,19-21,23-27H,7,11-18H2,1-6H3/b9-8-/t20-,21-,23-,24-,25+,26-,27-,29-,30+/m0/s1. The van der Waals surface area contributed by atoms with Gasteiger partial charge in [-0.25, -0.2) is 4.79 Å². The number of allylic oxidation sites excluding steroid dienone is 3. The Balaban J connectivity index is 1.49. The van der Waals surface area contributed by atoms with Gasteiger partial charge in [0.25, 0.3) is 0 Å². The number of fused-ring (bicyclic) bond motifs is 5. The van der Waals surface area contributed by atoms with Crippen LogP contribution in [0.25, 0.3) is 0 Å². The number of ether oxygens (including phenoxy) is 1. The molecule has 2 nitrogen and oxygen atoms in total. The fourth-order valence-corrected chi connectivity index (χ4v) is 9.17. The van der Waals surface area contributed by atoms with E-state index in [1.54, 1.807) is 5.57 Å². The van der Waals surface area contributed by atoms with Crippen molar-refractivity contribution in [2.75, 3.05) is 0 Å². The Morgan fingerprint density at radius 3 is 2.55 bits per heavy atom. The van der Waals surface area contributed by atoms with Crippen LogP contribution in [0.5, 0.6) is 0 Å². The van der Waals surface area contributed by atoms with Crippen molar-refractivity contribution in [3.8, 4) is 0 Å². The lowest BCUT2D eigenvalue weighted by atomic mass is 9.47. The summed E-state index contributed by atoms with van der Waals surface area (Å²) in [5.41, 5.74) is 1.67. The zero-order valence-electron chi connectivity index (χ0n) is 21.9. The van der Waals surface area contributed by atoms with Crippen molar-refractivity contribution < 1.29 is 9.53 Å². The summed E-state index contributed by atoms with van der Waals surface area (Å²) in [6.45, 7) is 14.7. The van der Waals surface area contributed by atoms with Crippen LogP contribution in [0, 0.1) is 52.3 Å². The van der Waals surface area contributed by atoms with Gasteiger partial charge in [0.2, 0.25) is 0 Å². The minimum absolute atomic E-state index is 0.0268. The molecule has 9 atom stereocenters. The monoisotopic (exact) mass is 474 g/mol. The third-order valence-corrected chi connectivity index (χ3v) is 11.1. The summed E-state index contributed by atoms with van der Waals surface area (Å²) < 4.78 is 5.39. The molecule has 0 aromatic carbocycles. The van der Waals surface area contributed by atoms with Gasteiger partial charge >= 0.3 is 5.43 Å². The molecule has 33 heavy (non-hydrogen) atoms. The number of hydrogen-bond acceptors (Lipinski definition) is 2. The average molecular weight is 475 g/mol. The predicted octanol–water partition coefficient (Wildman–Crippen LogP) is 9.18. The van der Waals surface area contributed by atoms with Gasteiger partial charge in [0.1, 0.15) is 6.10 Å². The lowest BCUT2D eigenvalue weighted by molar-refractivity contribution is -0.0541. The van der Waals surface area contributed by atoms with Crippen LogP contribution < -0.4 is 0 Å². The van der Waals surface area contributed by atoms with Crippen molar-refractivity contribution in [1.29, 1.82) is 0 Å². The van der Waals surface area contributed by atoms with Crippen molar-refractivity contribution in [3.63, 3.8) is 0 Å². The lowest BCUT2D eigenvalue weighted by Gasteiger charge is -2.58. The van der Waals surface area contributed by atoms with E-state index in [1.165, 1.54) is 38.5 Å². The molecule has 0 unspecified atom stereocenters. The lowest BCUT2D eigenvalue weighted by Crippen LogP contribution is -2.51. The van der Waals surface area contributed by atoms with Crippen molar-refractivity contribution in [2.24, 2.45) is 52.3 Å². The Bertz CT molecular complexity index is 784. The molecule has 0 aromatic rings. The fourth-order valence-electron chi connectivity index (χ4n) is 9.05. The maximum Gasteiger partial charge on any atom is 0.404 e. The fraction of sp³-hybridized carbons (Fsp3) is 0.833. The van der Waals surface area contributed by atoms with E-state index >= 15 is 0 Å². The van der Waals surface area contributed by atoms with Gasteiger partial charge in [0.15, 0.2) is 0 Å². The van der Waals surface area contributed by atoms with E-state index < -0.39 is 5.43 Å². The largest absolute Gasteiger partial charge is 0.450 e. The molecule has 0 N–H and O–H groups in total. The minimum Gasteiger partial charge on any atom is -0.450 e. The van der Waals surface area contributed by atoms with Crippen molar-refractivity contribution in [2.45, 2.75) is 105 Å². The van der Waals surface area contributed by atoms with Gasteiger partial charge in [-0.1, -0.05) is 65.3 Å². The first-order valence-corrected chi connectivity index (χ1v) is 14.2. The molecular weight excluding hydrogens is 428 g/mol. The molecule has 3 saturated carbocycles. The topological polar surface area (TPSA) is 26.3 Å². The Morgan fingerprint density at radius 1 is 1.12 bits per heavy atom. The van der Waals surface area contributed by atoms with Crippen LogP contribution in [-0.2, 0) is 4.74 Å². The third-order valence-electron chi connectivity index (χ3n) is 11.0. The van der Waals surface area contributed by atoms with Gasteiger partial charge < -0.3 is 4.74 Å². The Hall–Kier alpha value is -0.760. The van der Waals surface area contributed by atoms with Gasteiger partial charge in [-0.05, 0) is 104 Å². The second kappa shape index (κ2) is 9.71. The van der Waals surface area contributed by atoms with Crippen LogP contribution in [-0.4, -0.2) is 11.5 Å². The highest BCUT2D eigenvalue weighted by atomic mass is 35.5. The molecule has 4 aliphatic carbocycles. The second-order valence-electron chi connectivity index (χ2n) is 12.8. The molecule has 0 spiro atoms. The van der Waals surface area contributed by atoms with Gasteiger partial charge in [-0.15, -0.1) is 0 Å². The maximum absolute atomic E-state index is 11.3. The first kappa shape index (κ1) is 25.3. The molecule has 3 fully saturated rings. The van der Waals surface area contributed by atoms with Gasteiger partial charge in [0, 0.05) is 18.0 Å². The van der Waals surface area contributed by atoms with Gasteiger partial charge in [-0.3, -0.25) is 0 Å². The van der Waals surface area contributed by atoms with E-state index in [0.717, 1.165) is 48.9 Å². The molecule has 0 saturated heterocycles. The van der Waals surface area contributed by atoms with E-state index in [9.17, 15) is 4.79 Å². The third kappa shape index (κ3) is 4.60.